The minimum atomic E-state index is -0.225. The van der Waals surface area contributed by atoms with E-state index in [1.54, 1.807) is 0 Å². The maximum absolute atomic E-state index is 6.41. The Balaban J connectivity index is 2.36. The Kier molecular flexibility index (Phi) is 4.84. The van der Waals surface area contributed by atoms with Gasteiger partial charge in [-0.25, -0.2) is 0 Å². The molecule has 1 atom stereocenters. The van der Waals surface area contributed by atoms with E-state index in [9.17, 15) is 0 Å². The van der Waals surface area contributed by atoms with Gasteiger partial charge in [-0.3, -0.25) is 0 Å². The van der Waals surface area contributed by atoms with Gasteiger partial charge in [0.15, 0.2) is 0 Å². The van der Waals surface area contributed by atoms with Crippen molar-refractivity contribution in [3.8, 4) is 0 Å². The molecule has 0 bridgehead atoms. The van der Waals surface area contributed by atoms with Crippen LogP contribution in [-0.4, -0.2) is 0 Å². The maximum atomic E-state index is 6.41. The quantitative estimate of drug-likeness (QED) is 0.450. The molecule has 1 unspecified atom stereocenters. The second kappa shape index (κ2) is 5.81. The lowest BCUT2D eigenvalue weighted by Crippen LogP contribution is -1.89. The summed E-state index contributed by atoms with van der Waals surface area (Å²) in [7, 11) is 0. The van der Waals surface area contributed by atoms with E-state index < -0.39 is 0 Å². The molecule has 0 nitrogen and oxygen atoms in total. The van der Waals surface area contributed by atoms with Gasteiger partial charge in [0.2, 0.25) is 0 Å². The molecule has 6 heteroatoms. The van der Waals surface area contributed by atoms with Crippen molar-refractivity contribution in [1.82, 2.24) is 0 Å². The summed E-state index contributed by atoms with van der Waals surface area (Å²) in [5.74, 6) is 0. The van der Waals surface area contributed by atoms with Gasteiger partial charge in [0.05, 0.1) is 19.2 Å². The molecule has 2 aromatic rings. The number of hydrogen-bond acceptors (Lipinski definition) is 1. The van der Waals surface area contributed by atoms with Crippen molar-refractivity contribution >= 4 is 78.0 Å². The Bertz CT molecular complexity index is 534. The molecular weight excluding hydrogens is 430 g/mol. The summed E-state index contributed by atoms with van der Waals surface area (Å²) in [5.41, 5.74) is 0.980. The fraction of sp³-hybridized carbons (Fsp3) is 0.0909. The summed E-state index contributed by atoms with van der Waals surface area (Å²) in [6.45, 7) is 0. The SMILES string of the molecule is Clc1ccc(C(Cl)c2cc(Cl)c(Br)s2)cc1Br. The largest absolute Gasteiger partial charge is 0.130 e. The zero-order chi connectivity index (χ0) is 12.6. The highest BCUT2D eigenvalue weighted by molar-refractivity contribution is 9.11. The lowest BCUT2D eigenvalue weighted by atomic mass is 10.1. The van der Waals surface area contributed by atoms with Crippen LogP contribution >= 0.6 is 78.0 Å². The first-order valence-corrected chi connectivity index (χ1v) is 8.12. The number of halogens is 5. The molecule has 17 heavy (non-hydrogen) atoms. The molecule has 1 aromatic carbocycles. The number of hydrogen-bond donors (Lipinski definition) is 0. The summed E-state index contributed by atoms with van der Waals surface area (Å²) in [6.07, 6.45) is 0. The molecule has 0 aliphatic carbocycles. The third kappa shape index (κ3) is 3.20. The molecule has 0 amide bonds. The van der Waals surface area contributed by atoms with E-state index in [4.69, 9.17) is 34.8 Å². The first-order valence-electron chi connectivity index (χ1n) is 4.53. The summed E-state index contributed by atoms with van der Waals surface area (Å²) in [6, 6.07) is 7.52. The molecule has 1 aromatic heterocycles. The van der Waals surface area contributed by atoms with Crippen LogP contribution in [0.15, 0.2) is 32.5 Å². The standard InChI is InChI=1S/C11H5Br2Cl3S/c12-6-3-5(1-2-7(6)14)10(16)9-4-8(15)11(13)17-9/h1-4,10H. The molecule has 0 saturated heterocycles. The van der Waals surface area contributed by atoms with Gasteiger partial charge in [-0.05, 0) is 55.6 Å². The van der Waals surface area contributed by atoms with Crippen molar-refractivity contribution in [3.05, 3.63) is 53.0 Å². The van der Waals surface area contributed by atoms with Crippen LogP contribution in [0.2, 0.25) is 10.0 Å². The average molecular weight is 435 g/mol. The van der Waals surface area contributed by atoms with E-state index in [-0.39, 0.29) is 5.38 Å². The molecule has 0 spiro atoms. The highest BCUT2D eigenvalue weighted by atomic mass is 79.9. The van der Waals surface area contributed by atoms with Crippen LogP contribution in [0.25, 0.3) is 0 Å². The third-order valence-corrected chi connectivity index (χ3v) is 6.52. The molecule has 0 radical (unpaired) electrons. The molecular formula is C11H5Br2Cl3S. The van der Waals surface area contributed by atoms with Gasteiger partial charge in [0, 0.05) is 9.35 Å². The van der Waals surface area contributed by atoms with Crippen LogP contribution in [0.3, 0.4) is 0 Å². The first-order chi connectivity index (χ1) is 7.99. The summed E-state index contributed by atoms with van der Waals surface area (Å²) < 4.78 is 1.73. The van der Waals surface area contributed by atoms with Crippen molar-refractivity contribution in [2.75, 3.05) is 0 Å². The number of alkyl halides is 1. The predicted molar refractivity (Wildman–Crippen MR) is 83.9 cm³/mol. The third-order valence-electron chi connectivity index (χ3n) is 2.15. The normalized spacial score (nSPS) is 12.8. The van der Waals surface area contributed by atoms with Crippen molar-refractivity contribution in [3.63, 3.8) is 0 Å². The zero-order valence-corrected chi connectivity index (χ0v) is 14.4. The lowest BCUT2D eigenvalue weighted by molar-refractivity contribution is 1.18. The van der Waals surface area contributed by atoms with Crippen LogP contribution < -0.4 is 0 Å². The van der Waals surface area contributed by atoms with Gasteiger partial charge in [-0.15, -0.1) is 22.9 Å². The number of thiophene rings is 1. The molecule has 0 fully saturated rings. The number of benzene rings is 1. The molecule has 0 saturated carbocycles. The van der Waals surface area contributed by atoms with E-state index >= 15 is 0 Å². The molecule has 0 aliphatic heterocycles. The van der Waals surface area contributed by atoms with Crippen LogP contribution in [0.4, 0.5) is 0 Å². The first kappa shape index (κ1) is 14.2. The Labute approximate surface area is 135 Å². The highest BCUT2D eigenvalue weighted by Crippen LogP contribution is 2.41. The maximum Gasteiger partial charge on any atom is 0.0929 e. The smallest absolute Gasteiger partial charge is 0.0929 e. The topological polar surface area (TPSA) is 0 Å². The Morgan fingerprint density at radius 3 is 2.29 bits per heavy atom. The Morgan fingerprint density at radius 2 is 1.76 bits per heavy atom. The molecule has 2 rings (SSSR count). The summed E-state index contributed by atoms with van der Waals surface area (Å²) in [4.78, 5) is 0.998. The van der Waals surface area contributed by atoms with E-state index in [0.29, 0.717) is 10.0 Å². The monoisotopic (exact) mass is 432 g/mol. The van der Waals surface area contributed by atoms with Crippen molar-refractivity contribution in [2.45, 2.75) is 5.38 Å². The summed E-state index contributed by atoms with van der Waals surface area (Å²) >= 11 is 26.6. The fourth-order valence-corrected chi connectivity index (χ4v) is 3.92. The number of rotatable bonds is 2. The van der Waals surface area contributed by atoms with Crippen LogP contribution in [0.5, 0.6) is 0 Å². The Morgan fingerprint density at radius 1 is 1.06 bits per heavy atom. The molecule has 0 aliphatic rings. The van der Waals surface area contributed by atoms with Crippen molar-refractivity contribution in [2.24, 2.45) is 0 Å². The van der Waals surface area contributed by atoms with Crippen molar-refractivity contribution in [1.29, 1.82) is 0 Å². The van der Waals surface area contributed by atoms with Gasteiger partial charge in [-0.2, -0.15) is 0 Å². The Hall–Kier alpha value is 0.750. The highest BCUT2D eigenvalue weighted by Gasteiger charge is 2.16. The van der Waals surface area contributed by atoms with Gasteiger partial charge in [-0.1, -0.05) is 29.3 Å². The lowest BCUT2D eigenvalue weighted by Gasteiger charge is -2.08. The predicted octanol–water partition coefficient (Wildman–Crippen LogP) is 6.91. The van der Waals surface area contributed by atoms with Gasteiger partial charge in [0.1, 0.15) is 0 Å². The summed E-state index contributed by atoms with van der Waals surface area (Å²) in [5, 5.41) is 1.13. The second-order valence-electron chi connectivity index (χ2n) is 3.31. The van der Waals surface area contributed by atoms with Crippen LogP contribution in [0, 0.1) is 0 Å². The van der Waals surface area contributed by atoms with Gasteiger partial charge < -0.3 is 0 Å². The molecule has 1 heterocycles. The second-order valence-corrected chi connectivity index (χ2v) is 7.81. The molecule has 90 valence electrons. The van der Waals surface area contributed by atoms with Crippen LogP contribution in [0.1, 0.15) is 15.8 Å². The van der Waals surface area contributed by atoms with Gasteiger partial charge >= 0.3 is 0 Å². The van der Waals surface area contributed by atoms with E-state index in [0.717, 1.165) is 18.7 Å². The minimum absolute atomic E-state index is 0.225. The van der Waals surface area contributed by atoms with Crippen molar-refractivity contribution < 1.29 is 0 Å². The minimum Gasteiger partial charge on any atom is -0.130 e. The fourth-order valence-electron chi connectivity index (χ4n) is 1.32. The van der Waals surface area contributed by atoms with E-state index in [2.05, 4.69) is 31.9 Å². The van der Waals surface area contributed by atoms with Crippen LogP contribution in [-0.2, 0) is 0 Å². The van der Waals surface area contributed by atoms with E-state index in [1.165, 1.54) is 11.3 Å². The van der Waals surface area contributed by atoms with Gasteiger partial charge in [0.25, 0.3) is 0 Å². The zero-order valence-electron chi connectivity index (χ0n) is 8.18. The average Bonchev–Trinajstić information content (AvgIpc) is 2.62. The van der Waals surface area contributed by atoms with E-state index in [1.807, 2.05) is 24.3 Å². The molecule has 0 N–H and O–H groups in total.